The van der Waals surface area contributed by atoms with Crippen LogP contribution in [0.5, 0.6) is 0 Å². The number of rotatable bonds is 5. The first-order valence-corrected chi connectivity index (χ1v) is 7.47. The van der Waals surface area contributed by atoms with Gasteiger partial charge in [-0.25, -0.2) is 0 Å². The molecule has 0 aliphatic carbocycles. The smallest absolute Gasteiger partial charge is 0.271 e. The van der Waals surface area contributed by atoms with E-state index < -0.39 is 0 Å². The van der Waals surface area contributed by atoms with E-state index in [1.807, 2.05) is 26.0 Å². The Hall–Kier alpha value is -1.62. The van der Waals surface area contributed by atoms with Crippen LogP contribution in [0.3, 0.4) is 0 Å². The average molecular weight is 336 g/mol. The molecule has 0 saturated heterocycles. The van der Waals surface area contributed by atoms with Gasteiger partial charge in [-0.05, 0) is 43.5 Å². The summed E-state index contributed by atoms with van der Waals surface area (Å²) in [5.74, 6) is -0.134. The summed E-state index contributed by atoms with van der Waals surface area (Å²) in [6.45, 7) is 4.01. The molecule has 1 amide bonds. The van der Waals surface area contributed by atoms with Crippen molar-refractivity contribution in [2.75, 3.05) is 0 Å². The van der Waals surface area contributed by atoms with Crippen LogP contribution in [0, 0.1) is 0 Å². The Labute approximate surface area is 127 Å². The standard InChI is InChI=1S/C15H18BrN3O/c1-3-13-9-14(19-18-13)15(20)17-10(2)8-11-4-6-12(16)7-5-11/h4-7,9-10H,3,8H2,1-2H3,(H,17,20)(H,18,19). The van der Waals surface area contributed by atoms with Crippen LogP contribution in [0.15, 0.2) is 34.8 Å². The number of carbonyl (C=O) groups excluding carboxylic acids is 1. The Morgan fingerprint density at radius 1 is 1.40 bits per heavy atom. The Morgan fingerprint density at radius 2 is 2.10 bits per heavy atom. The van der Waals surface area contributed by atoms with E-state index in [2.05, 4.69) is 43.6 Å². The van der Waals surface area contributed by atoms with Gasteiger partial charge in [0.1, 0.15) is 5.69 Å². The molecule has 106 valence electrons. The number of nitrogens with one attached hydrogen (secondary N) is 2. The third-order valence-corrected chi connectivity index (χ3v) is 3.61. The van der Waals surface area contributed by atoms with E-state index in [0.717, 1.165) is 23.0 Å². The predicted molar refractivity (Wildman–Crippen MR) is 82.7 cm³/mol. The molecule has 4 nitrogen and oxygen atoms in total. The predicted octanol–water partition coefficient (Wildman–Crippen LogP) is 3.10. The number of aryl methyl sites for hydroxylation is 1. The van der Waals surface area contributed by atoms with Gasteiger partial charge in [-0.15, -0.1) is 0 Å². The van der Waals surface area contributed by atoms with Gasteiger partial charge < -0.3 is 5.32 Å². The highest BCUT2D eigenvalue weighted by atomic mass is 79.9. The molecule has 5 heteroatoms. The number of nitrogens with zero attached hydrogens (tertiary/aromatic N) is 1. The SMILES string of the molecule is CCc1cc(C(=O)NC(C)Cc2ccc(Br)cc2)n[nH]1. The fraction of sp³-hybridized carbons (Fsp3) is 0.333. The van der Waals surface area contributed by atoms with Gasteiger partial charge in [-0.2, -0.15) is 5.10 Å². The van der Waals surface area contributed by atoms with Crippen LogP contribution in [-0.2, 0) is 12.8 Å². The molecule has 0 saturated carbocycles. The quantitative estimate of drug-likeness (QED) is 0.882. The number of hydrogen-bond acceptors (Lipinski definition) is 2. The van der Waals surface area contributed by atoms with Crippen molar-refractivity contribution < 1.29 is 4.79 Å². The minimum absolute atomic E-state index is 0.0606. The second-order valence-electron chi connectivity index (χ2n) is 4.84. The van der Waals surface area contributed by atoms with Crippen LogP contribution >= 0.6 is 15.9 Å². The van der Waals surface area contributed by atoms with Crippen LogP contribution in [-0.4, -0.2) is 22.1 Å². The van der Waals surface area contributed by atoms with Crippen LogP contribution in [0.25, 0.3) is 0 Å². The van der Waals surface area contributed by atoms with Crippen molar-refractivity contribution in [2.45, 2.75) is 32.7 Å². The molecular formula is C15H18BrN3O. The monoisotopic (exact) mass is 335 g/mol. The van der Waals surface area contributed by atoms with Gasteiger partial charge in [0, 0.05) is 16.2 Å². The van der Waals surface area contributed by atoms with Crippen molar-refractivity contribution >= 4 is 21.8 Å². The molecule has 0 aliphatic heterocycles. The van der Waals surface area contributed by atoms with E-state index >= 15 is 0 Å². The molecule has 0 radical (unpaired) electrons. The van der Waals surface area contributed by atoms with Gasteiger partial charge in [0.25, 0.3) is 5.91 Å². The molecule has 2 aromatic rings. The molecule has 0 bridgehead atoms. The van der Waals surface area contributed by atoms with Crippen LogP contribution in [0.4, 0.5) is 0 Å². The normalized spacial score (nSPS) is 12.2. The minimum Gasteiger partial charge on any atom is -0.348 e. The zero-order chi connectivity index (χ0) is 14.5. The second-order valence-corrected chi connectivity index (χ2v) is 5.75. The summed E-state index contributed by atoms with van der Waals surface area (Å²) in [4.78, 5) is 12.0. The molecule has 1 unspecified atom stereocenters. The number of hydrogen-bond donors (Lipinski definition) is 2. The van der Waals surface area contributed by atoms with Crippen molar-refractivity contribution in [2.24, 2.45) is 0 Å². The van der Waals surface area contributed by atoms with Crippen molar-refractivity contribution in [3.05, 3.63) is 51.8 Å². The van der Waals surface area contributed by atoms with Crippen LogP contribution in [0.2, 0.25) is 0 Å². The highest BCUT2D eigenvalue weighted by Gasteiger charge is 2.13. The summed E-state index contributed by atoms with van der Waals surface area (Å²) >= 11 is 3.41. The molecule has 0 aliphatic rings. The molecule has 2 rings (SSSR count). The summed E-state index contributed by atoms with van der Waals surface area (Å²) in [6.07, 6.45) is 1.64. The van der Waals surface area contributed by atoms with Crippen molar-refractivity contribution in [1.29, 1.82) is 0 Å². The molecule has 1 heterocycles. The lowest BCUT2D eigenvalue weighted by Crippen LogP contribution is -2.34. The van der Waals surface area contributed by atoms with Crippen LogP contribution in [0.1, 0.15) is 35.6 Å². The van der Waals surface area contributed by atoms with Crippen molar-refractivity contribution in [1.82, 2.24) is 15.5 Å². The highest BCUT2D eigenvalue weighted by Crippen LogP contribution is 2.12. The zero-order valence-electron chi connectivity index (χ0n) is 11.6. The van der Waals surface area contributed by atoms with Crippen molar-refractivity contribution in [3.63, 3.8) is 0 Å². The molecule has 1 aromatic carbocycles. The van der Waals surface area contributed by atoms with E-state index in [1.165, 1.54) is 5.56 Å². The maximum Gasteiger partial charge on any atom is 0.271 e. The molecule has 1 atom stereocenters. The number of carbonyl (C=O) groups is 1. The zero-order valence-corrected chi connectivity index (χ0v) is 13.2. The topological polar surface area (TPSA) is 57.8 Å². The molecular weight excluding hydrogens is 318 g/mol. The van der Waals surface area contributed by atoms with E-state index in [9.17, 15) is 4.79 Å². The number of aromatic amines is 1. The lowest BCUT2D eigenvalue weighted by Gasteiger charge is -2.13. The van der Waals surface area contributed by atoms with E-state index in [1.54, 1.807) is 6.07 Å². The van der Waals surface area contributed by atoms with Crippen LogP contribution < -0.4 is 5.32 Å². The fourth-order valence-electron chi connectivity index (χ4n) is 1.98. The van der Waals surface area contributed by atoms with E-state index in [-0.39, 0.29) is 11.9 Å². The molecule has 0 spiro atoms. The maximum absolute atomic E-state index is 12.0. The van der Waals surface area contributed by atoms with Gasteiger partial charge in [0.05, 0.1) is 0 Å². The number of halogens is 1. The summed E-state index contributed by atoms with van der Waals surface area (Å²) < 4.78 is 1.06. The number of amides is 1. The summed E-state index contributed by atoms with van der Waals surface area (Å²) in [5, 5.41) is 9.83. The number of H-pyrrole nitrogens is 1. The lowest BCUT2D eigenvalue weighted by atomic mass is 10.1. The van der Waals surface area contributed by atoms with Gasteiger partial charge in [-0.1, -0.05) is 35.0 Å². The first-order valence-electron chi connectivity index (χ1n) is 6.68. The Morgan fingerprint density at radius 3 is 2.70 bits per heavy atom. The van der Waals surface area contributed by atoms with Gasteiger partial charge in [0.2, 0.25) is 0 Å². The molecule has 1 aromatic heterocycles. The first-order chi connectivity index (χ1) is 9.58. The largest absolute Gasteiger partial charge is 0.348 e. The Balaban J connectivity index is 1.92. The van der Waals surface area contributed by atoms with Gasteiger partial charge in [0.15, 0.2) is 0 Å². The summed E-state index contributed by atoms with van der Waals surface area (Å²) in [7, 11) is 0. The number of benzene rings is 1. The Kier molecular flexibility index (Phi) is 4.95. The summed E-state index contributed by atoms with van der Waals surface area (Å²) in [5.41, 5.74) is 2.61. The summed E-state index contributed by atoms with van der Waals surface area (Å²) in [6, 6.07) is 9.97. The minimum atomic E-state index is -0.134. The van der Waals surface area contributed by atoms with E-state index in [4.69, 9.17) is 0 Å². The highest BCUT2D eigenvalue weighted by molar-refractivity contribution is 9.10. The Bertz CT molecular complexity index is 577. The van der Waals surface area contributed by atoms with Crippen molar-refractivity contribution in [3.8, 4) is 0 Å². The first kappa shape index (κ1) is 14.8. The third-order valence-electron chi connectivity index (χ3n) is 3.08. The van der Waals surface area contributed by atoms with Gasteiger partial charge in [-0.3, -0.25) is 9.89 Å². The average Bonchev–Trinajstić information content (AvgIpc) is 2.90. The molecule has 2 N–H and O–H groups in total. The maximum atomic E-state index is 12.0. The molecule has 0 fully saturated rings. The third kappa shape index (κ3) is 3.93. The van der Waals surface area contributed by atoms with E-state index in [0.29, 0.717) is 5.69 Å². The lowest BCUT2D eigenvalue weighted by molar-refractivity contribution is 0.0935. The van der Waals surface area contributed by atoms with Gasteiger partial charge >= 0.3 is 0 Å². The number of aromatic nitrogens is 2. The fourth-order valence-corrected chi connectivity index (χ4v) is 2.25. The molecule has 20 heavy (non-hydrogen) atoms. The second kappa shape index (κ2) is 6.70.